The lowest BCUT2D eigenvalue weighted by Gasteiger charge is -2.31. The van der Waals surface area contributed by atoms with Gasteiger partial charge in [0, 0.05) is 35.7 Å². The van der Waals surface area contributed by atoms with E-state index in [1.807, 2.05) is 32.3 Å². The fourth-order valence-corrected chi connectivity index (χ4v) is 3.50. The van der Waals surface area contributed by atoms with Crippen LogP contribution in [0.2, 0.25) is 0 Å². The van der Waals surface area contributed by atoms with Gasteiger partial charge in [0.15, 0.2) is 5.96 Å². The summed E-state index contributed by atoms with van der Waals surface area (Å²) < 4.78 is 3.08. The molecule has 1 unspecified atom stereocenters. The second-order valence-corrected chi connectivity index (χ2v) is 6.32. The van der Waals surface area contributed by atoms with Gasteiger partial charge in [-0.2, -0.15) is 0 Å². The maximum Gasteiger partial charge on any atom is 0.238 e. The Bertz CT molecular complexity index is 764. The van der Waals surface area contributed by atoms with Gasteiger partial charge in [-0.3, -0.25) is 9.69 Å². The van der Waals surface area contributed by atoms with Crippen molar-refractivity contribution < 1.29 is 4.79 Å². The molecule has 1 aliphatic heterocycles. The first-order valence-electron chi connectivity index (χ1n) is 6.75. The topological polar surface area (TPSA) is 63.6 Å². The lowest BCUT2D eigenvalue weighted by Crippen LogP contribution is -2.48. The standard InChI is InChI=1S/C15H17BrN4O/c1-8-13(14(21)20(3)15(17)18-8)9-4-5-12-10(6-9)11(16)7-19(12)2/h4-8,13H,1-3H3,(H2,17,18)/t8-,13?/m0/s1. The molecule has 2 N–H and O–H groups in total. The van der Waals surface area contributed by atoms with Crippen molar-refractivity contribution in [2.45, 2.75) is 18.9 Å². The monoisotopic (exact) mass is 348 g/mol. The number of carbonyl (C=O) groups excluding carboxylic acids is 1. The number of likely N-dealkylation sites (N-methyl/N-ethyl adjacent to an activating group) is 1. The van der Waals surface area contributed by atoms with Crippen LogP contribution in [0.4, 0.5) is 0 Å². The molecule has 1 aromatic heterocycles. The summed E-state index contributed by atoms with van der Waals surface area (Å²) in [4.78, 5) is 18.3. The predicted octanol–water partition coefficient (Wildman–Crippen LogP) is 2.20. The lowest BCUT2D eigenvalue weighted by molar-refractivity contribution is -0.129. The number of aliphatic imine (C=N–C) groups is 1. The number of nitrogens with zero attached hydrogens (tertiary/aromatic N) is 3. The smallest absolute Gasteiger partial charge is 0.238 e. The molecule has 1 aromatic carbocycles. The molecule has 1 amide bonds. The zero-order valence-electron chi connectivity index (χ0n) is 12.2. The second kappa shape index (κ2) is 4.87. The van der Waals surface area contributed by atoms with Crippen LogP contribution in [0.1, 0.15) is 18.4 Å². The van der Waals surface area contributed by atoms with Crippen LogP contribution in [-0.2, 0) is 11.8 Å². The Morgan fingerprint density at radius 3 is 2.76 bits per heavy atom. The van der Waals surface area contributed by atoms with Crippen LogP contribution in [-0.4, -0.2) is 34.4 Å². The van der Waals surface area contributed by atoms with Crippen LogP contribution in [0, 0.1) is 0 Å². The van der Waals surface area contributed by atoms with Crippen molar-refractivity contribution in [3.05, 3.63) is 34.4 Å². The first-order valence-corrected chi connectivity index (χ1v) is 7.54. The van der Waals surface area contributed by atoms with Crippen molar-refractivity contribution in [3.8, 4) is 0 Å². The molecule has 0 saturated carbocycles. The average Bonchev–Trinajstić information content (AvgIpc) is 2.71. The summed E-state index contributed by atoms with van der Waals surface area (Å²) in [6.45, 7) is 1.92. The van der Waals surface area contributed by atoms with E-state index in [0.29, 0.717) is 0 Å². The summed E-state index contributed by atoms with van der Waals surface area (Å²) in [5.41, 5.74) is 7.85. The van der Waals surface area contributed by atoms with E-state index in [4.69, 9.17) is 5.73 Å². The van der Waals surface area contributed by atoms with Gasteiger partial charge in [0.25, 0.3) is 0 Å². The molecular formula is C15H17BrN4O. The van der Waals surface area contributed by atoms with Crippen LogP contribution < -0.4 is 5.73 Å². The highest BCUT2D eigenvalue weighted by molar-refractivity contribution is 9.10. The molecule has 1 aliphatic rings. The normalized spacial score (nSPS) is 22.8. The van der Waals surface area contributed by atoms with Gasteiger partial charge in [-0.1, -0.05) is 6.07 Å². The van der Waals surface area contributed by atoms with Gasteiger partial charge in [-0.05, 0) is 40.5 Å². The molecule has 2 aromatic rings. The minimum absolute atomic E-state index is 0.0126. The molecule has 21 heavy (non-hydrogen) atoms. The van der Waals surface area contributed by atoms with Gasteiger partial charge in [-0.15, -0.1) is 0 Å². The largest absolute Gasteiger partial charge is 0.369 e. The third kappa shape index (κ3) is 2.14. The van der Waals surface area contributed by atoms with E-state index in [1.165, 1.54) is 4.90 Å². The van der Waals surface area contributed by atoms with Crippen LogP contribution in [0.25, 0.3) is 10.9 Å². The fourth-order valence-electron chi connectivity index (χ4n) is 2.87. The molecule has 3 rings (SSSR count). The third-order valence-electron chi connectivity index (χ3n) is 4.08. The molecule has 0 aliphatic carbocycles. The number of nitrogens with two attached hydrogens (primary N) is 1. The number of hydrogen-bond acceptors (Lipinski definition) is 3. The predicted molar refractivity (Wildman–Crippen MR) is 87.2 cm³/mol. The van der Waals surface area contributed by atoms with E-state index in [0.717, 1.165) is 20.9 Å². The summed E-state index contributed by atoms with van der Waals surface area (Å²) in [5, 5.41) is 1.10. The van der Waals surface area contributed by atoms with Gasteiger partial charge in [0.05, 0.1) is 12.0 Å². The Morgan fingerprint density at radius 1 is 1.33 bits per heavy atom. The highest BCUT2D eigenvalue weighted by atomic mass is 79.9. The number of amides is 1. The first-order chi connectivity index (χ1) is 9.90. The maximum absolute atomic E-state index is 12.5. The first kappa shape index (κ1) is 14.1. The van der Waals surface area contributed by atoms with Gasteiger partial charge >= 0.3 is 0 Å². The van der Waals surface area contributed by atoms with E-state index in [-0.39, 0.29) is 23.8 Å². The Hall–Kier alpha value is -1.82. The number of halogens is 1. The van der Waals surface area contributed by atoms with Gasteiger partial charge in [0.2, 0.25) is 5.91 Å². The molecule has 0 fully saturated rings. The number of rotatable bonds is 1. The lowest BCUT2D eigenvalue weighted by atomic mass is 9.89. The number of carbonyl (C=O) groups is 1. The highest BCUT2D eigenvalue weighted by Gasteiger charge is 2.34. The zero-order valence-corrected chi connectivity index (χ0v) is 13.8. The van der Waals surface area contributed by atoms with Crippen LogP contribution in [0.5, 0.6) is 0 Å². The van der Waals surface area contributed by atoms with Crippen molar-refractivity contribution in [3.63, 3.8) is 0 Å². The van der Waals surface area contributed by atoms with Crippen LogP contribution in [0.15, 0.2) is 33.9 Å². The number of hydrogen-bond donors (Lipinski definition) is 1. The Morgan fingerprint density at radius 2 is 2.05 bits per heavy atom. The summed E-state index contributed by atoms with van der Waals surface area (Å²) in [5.74, 6) is -0.0223. The number of aryl methyl sites for hydroxylation is 1. The van der Waals surface area contributed by atoms with Crippen LogP contribution >= 0.6 is 15.9 Å². The van der Waals surface area contributed by atoms with E-state index in [1.54, 1.807) is 7.05 Å². The van der Waals surface area contributed by atoms with Gasteiger partial charge in [-0.25, -0.2) is 4.99 Å². The summed E-state index contributed by atoms with van der Waals surface area (Å²) in [7, 11) is 3.66. The molecular weight excluding hydrogens is 332 g/mol. The van der Waals surface area contributed by atoms with Crippen LogP contribution in [0.3, 0.4) is 0 Å². The number of guanidine groups is 1. The number of benzene rings is 1. The van der Waals surface area contributed by atoms with Crippen molar-refractivity contribution in [2.75, 3.05) is 7.05 Å². The molecule has 110 valence electrons. The van der Waals surface area contributed by atoms with Crippen molar-refractivity contribution in [2.24, 2.45) is 17.8 Å². The number of aromatic nitrogens is 1. The molecule has 0 spiro atoms. The van der Waals surface area contributed by atoms with Gasteiger partial charge in [0.1, 0.15) is 0 Å². The van der Waals surface area contributed by atoms with E-state index < -0.39 is 0 Å². The highest BCUT2D eigenvalue weighted by Crippen LogP contribution is 2.32. The molecule has 5 nitrogen and oxygen atoms in total. The van der Waals surface area contributed by atoms with Gasteiger partial charge < -0.3 is 10.3 Å². The SMILES string of the molecule is C[C@@H]1N=C(N)N(C)C(=O)C1c1ccc2c(c1)c(Br)cn2C. The molecule has 0 radical (unpaired) electrons. The summed E-state index contributed by atoms with van der Waals surface area (Å²) >= 11 is 3.56. The Kier molecular flexibility index (Phi) is 3.28. The number of fused-ring (bicyclic) bond motifs is 1. The fraction of sp³-hybridized carbons (Fsp3) is 0.333. The molecule has 2 atom stereocenters. The Balaban J connectivity index is 2.12. The average molecular weight is 349 g/mol. The minimum atomic E-state index is -0.293. The van der Waals surface area contributed by atoms with E-state index >= 15 is 0 Å². The van der Waals surface area contributed by atoms with Crippen molar-refractivity contribution in [1.82, 2.24) is 9.47 Å². The third-order valence-corrected chi connectivity index (χ3v) is 4.71. The quantitative estimate of drug-likeness (QED) is 0.858. The Labute approximate surface area is 131 Å². The summed E-state index contributed by atoms with van der Waals surface area (Å²) in [6, 6.07) is 5.94. The van der Waals surface area contributed by atoms with E-state index in [9.17, 15) is 4.79 Å². The minimum Gasteiger partial charge on any atom is -0.369 e. The zero-order chi connectivity index (χ0) is 15.3. The molecule has 2 heterocycles. The maximum atomic E-state index is 12.5. The molecule has 0 saturated heterocycles. The van der Waals surface area contributed by atoms with Crippen molar-refractivity contribution in [1.29, 1.82) is 0 Å². The van der Waals surface area contributed by atoms with E-state index in [2.05, 4.69) is 31.6 Å². The van der Waals surface area contributed by atoms with Crippen molar-refractivity contribution >= 4 is 38.7 Å². The molecule has 0 bridgehead atoms. The molecule has 6 heteroatoms. The second-order valence-electron chi connectivity index (χ2n) is 5.47. The summed E-state index contributed by atoms with van der Waals surface area (Å²) in [6.07, 6.45) is 2.02.